The summed E-state index contributed by atoms with van der Waals surface area (Å²) in [6, 6.07) is 8.03. The Bertz CT molecular complexity index is 1700. The van der Waals surface area contributed by atoms with Gasteiger partial charge in [-0.15, -0.1) is 0 Å². The molecule has 0 saturated carbocycles. The molecule has 2 N–H and O–H groups in total. The van der Waals surface area contributed by atoms with E-state index in [2.05, 4.69) is 25.6 Å². The number of anilines is 2. The van der Waals surface area contributed by atoms with Crippen LogP contribution in [0.3, 0.4) is 0 Å². The molecule has 3 aromatic rings. The van der Waals surface area contributed by atoms with E-state index in [1.54, 1.807) is 11.1 Å². The average molecular weight is 591 g/mol. The highest BCUT2D eigenvalue weighted by molar-refractivity contribution is 6.69. The first-order valence-electron chi connectivity index (χ1n) is 13.5. The number of piperazine rings is 1. The van der Waals surface area contributed by atoms with E-state index in [-0.39, 0.29) is 39.9 Å². The number of nitrogens with zero attached hydrogens (tertiary/aromatic N) is 4. The summed E-state index contributed by atoms with van der Waals surface area (Å²) >= 11 is 6.27. The highest BCUT2D eigenvalue weighted by Gasteiger charge is 2.29. The van der Waals surface area contributed by atoms with Crippen molar-refractivity contribution in [3.05, 3.63) is 106 Å². The number of benzene rings is 2. The molecule has 214 valence electrons. The molecule has 7 nitrogen and oxygen atoms in total. The van der Waals surface area contributed by atoms with Crippen molar-refractivity contribution in [3.63, 3.8) is 0 Å². The van der Waals surface area contributed by atoms with Crippen molar-refractivity contribution < 1.29 is 18.0 Å². The van der Waals surface area contributed by atoms with Crippen LogP contribution in [0.1, 0.15) is 41.0 Å². The fourth-order valence-electron chi connectivity index (χ4n) is 5.57. The smallest absolute Gasteiger partial charge is 0.257 e. The number of allylic oxidation sites excluding steroid dienone is 5. The van der Waals surface area contributed by atoms with Gasteiger partial charge in [0.1, 0.15) is 22.6 Å². The van der Waals surface area contributed by atoms with E-state index in [4.69, 9.17) is 11.6 Å². The van der Waals surface area contributed by atoms with Gasteiger partial charge < -0.3 is 15.5 Å². The molecule has 2 aliphatic heterocycles. The van der Waals surface area contributed by atoms with Crippen LogP contribution in [0.25, 0.3) is 11.1 Å². The average Bonchev–Trinajstić information content (AvgIpc) is 3.12. The van der Waals surface area contributed by atoms with Crippen molar-refractivity contribution in [1.82, 2.24) is 20.2 Å². The van der Waals surface area contributed by atoms with Crippen LogP contribution in [-0.4, -0.2) is 51.1 Å². The standard InChI is InChI=1S/C31H26ClF3N6O/c1-16-14-41(15-17(2)38-16)30(42)22-10-19(7-9-24(22)33)39-31-37-12-18-6-8-20-21(28-25(34)4-3-5-26(28)35)11-27(32)36-13-23(20)29(18)40-31/h3-5,7-13,16-17,38H,6,14-15H2,1-2H3,(H,37,39,40). The fraction of sp³-hybridized carbons (Fsp3) is 0.226. The van der Waals surface area contributed by atoms with Gasteiger partial charge >= 0.3 is 0 Å². The lowest BCUT2D eigenvalue weighted by molar-refractivity contribution is 0.0669. The van der Waals surface area contributed by atoms with E-state index in [1.807, 2.05) is 19.9 Å². The molecule has 2 unspecified atom stereocenters. The number of fused-ring (bicyclic) bond motifs is 3. The van der Waals surface area contributed by atoms with Crippen molar-refractivity contribution in [2.45, 2.75) is 32.4 Å². The first-order valence-corrected chi connectivity index (χ1v) is 13.8. The SMILES string of the molecule is CC1CN(C(=O)c2cc(Nc3ncc4c(n3)C3=CN=C(Cl)C=C(c5c(F)cccc5F)C3=CC4)ccc2F)CC(C)N1. The monoisotopic (exact) mass is 590 g/mol. The van der Waals surface area contributed by atoms with Gasteiger partial charge in [-0.05, 0) is 67.8 Å². The van der Waals surface area contributed by atoms with Crippen molar-refractivity contribution in [2.75, 3.05) is 18.4 Å². The summed E-state index contributed by atoms with van der Waals surface area (Å²) in [4.78, 5) is 28.2. The Hall–Kier alpha value is -4.28. The maximum Gasteiger partial charge on any atom is 0.257 e. The molecule has 0 radical (unpaired) electrons. The first kappa shape index (κ1) is 27.9. The van der Waals surface area contributed by atoms with Gasteiger partial charge in [0.2, 0.25) is 5.95 Å². The molecule has 6 rings (SSSR count). The number of nitrogens with one attached hydrogen (secondary N) is 2. The Labute approximate surface area is 245 Å². The maximum absolute atomic E-state index is 14.8. The third-order valence-electron chi connectivity index (χ3n) is 7.34. The number of aromatic nitrogens is 2. The number of aliphatic imine (C=N–C) groups is 1. The normalized spacial score (nSPS) is 19.9. The van der Waals surface area contributed by atoms with E-state index in [9.17, 15) is 18.0 Å². The second-order valence-electron chi connectivity index (χ2n) is 10.5. The molecule has 3 aliphatic rings. The maximum atomic E-state index is 14.8. The Kier molecular flexibility index (Phi) is 7.42. The summed E-state index contributed by atoms with van der Waals surface area (Å²) in [7, 11) is 0. The Morgan fingerprint density at radius 1 is 1.02 bits per heavy atom. The van der Waals surface area contributed by atoms with Gasteiger partial charge in [0.15, 0.2) is 0 Å². The molecule has 0 spiro atoms. The fourth-order valence-corrected chi connectivity index (χ4v) is 5.72. The minimum Gasteiger partial charge on any atom is -0.335 e. The summed E-state index contributed by atoms with van der Waals surface area (Å²) in [5.74, 6) is -2.28. The molecular formula is C31H26ClF3N6O. The Balaban J connectivity index is 1.31. The highest BCUT2D eigenvalue weighted by Crippen LogP contribution is 2.41. The van der Waals surface area contributed by atoms with E-state index < -0.39 is 23.4 Å². The van der Waals surface area contributed by atoms with Gasteiger partial charge in [0, 0.05) is 54.4 Å². The summed E-state index contributed by atoms with van der Waals surface area (Å²) in [5.41, 5.74) is 2.73. The van der Waals surface area contributed by atoms with Gasteiger partial charge in [-0.3, -0.25) is 4.79 Å². The van der Waals surface area contributed by atoms with Gasteiger partial charge in [0.05, 0.1) is 16.8 Å². The zero-order chi connectivity index (χ0) is 29.5. The minimum atomic E-state index is -0.727. The number of halogens is 4. The number of carbonyl (C=O) groups excluding carboxylic acids is 1. The molecule has 1 fully saturated rings. The molecular weight excluding hydrogens is 565 g/mol. The topological polar surface area (TPSA) is 82.5 Å². The van der Waals surface area contributed by atoms with Crippen LogP contribution in [0, 0.1) is 17.5 Å². The molecule has 1 aromatic heterocycles. The van der Waals surface area contributed by atoms with Crippen LogP contribution >= 0.6 is 11.6 Å². The van der Waals surface area contributed by atoms with Crippen LogP contribution in [0.5, 0.6) is 0 Å². The lowest BCUT2D eigenvalue weighted by Gasteiger charge is -2.36. The van der Waals surface area contributed by atoms with Crippen LogP contribution in [0.2, 0.25) is 0 Å². The Morgan fingerprint density at radius 2 is 1.76 bits per heavy atom. The number of hydrogen-bond donors (Lipinski definition) is 2. The lowest BCUT2D eigenvalue weighted by Crippen LogP contribution is -2.55. The highest BCUT2D eigenvalue weighted by atomic mass is 35.5. The number of hydrogen-bond acceptors (Lipinski definition) is 6. The van der Waals surface area contributed by atoms with E-state index in [0.717, 1.165) is 5.56 Å². The van der Waals surface area contributed by atoms with Gasteiger partial charge in [-0.1, -0.05) is 23.7 Å². The van der Waals surface area contributed by atoms with E-state index in [1.165, 1.54) is 48.7 Å². The van der Waals surface area contributed by atoms with Crippen LogP contribution in [0.15, 0.2) is 71.5 Å². The quantitative estimate of drug-likeness (QED) is 0.388. The van der Waals surface area contributed by atoms with Crippen molar-refractivity contribution in [2.24, 2.45) is 4.99 Å². The molecule has 0 bridgehead atoms. The van der Waals surface area contributed by atoms with Crippen molar-refractivity contribution in [1.29, 1.82) is 0 Å². The molecule has 1 aliphatic carbocycles. The predicted octanol–water partition coefficient (Wildman–Crippen LogP) is 6.02. The molecule has 2 aromatic carbocycles. The van der Waals surface area contributed by atoms with Gasteiger partial charge in [-0.2, -0.15) is 0 Å². The number of amides is 1. The zero-order valence-corrected chi connectivity index (χ0v) is 23.5. The second-order valence-corrected chi connectivity index (χ2v) is 10.9. The zero-order valence-electron chi connectivity index (χ0n) is 22.8. The van der Waals surface area contributed by atoms with Gasteiger partial charge in [-0.25, -0.2) is 28.1 Å². The molecule has 42 heavy (non-hydrogen) atoms. The second kappa shape index (κ2) is 11.2. The van der Waals surface area contributed by atoms with Crippen molar-refractivity contribution >= 4 is 45.5 Å². The molecule has 2 atom stereocenters. The van der Waals surface area contributed by atoms with E-state index >= 15 is 0 Å². The third kappa shape index (κ3) is 5.35. The molecule has 3 heterocycles. The van der Waals surface area contributed by atoms with E-state index in [0.29, 0.717) is 42.0 Å². The van der Waals surface area contributed by atoms with Crippen LogP contribution < -0.4 is 10.6 Å². The number of carbonyl (C=O) groups is 1. The predicted molar refractivity (Wildman–Crippen MR) is 157 cm³/mol. The summed E-state index contributed by atoms with van der Waals surface area (Å²) in [6.07, 6.45) is 6.82. The van der Waals surface area contributed by atoms with Crippen LogP contribution in [0.4, 0.5) is 24.8 Å². The Morgan fingerprint density at radius 3 is 2.50 bits per heavy atom. The largest absolute Gasteiger partial charge is 0.335 e. The first-order chi connectivity index (χ1) is 20.2. The lowest BCUT2D eigenvalue weighted by atomic mass is 9.84. The molecule has 1 saturated heterocycles. The number of rotatable bonds is 4. The minimum absolute atomic E-state index is 0.0540. The molecule has 11 heteroatoms. The van der Waals surface area contributed by atoms with Crippen molar-refractivity contribution in [3.8, 4) is 0 Å². The molecule has 1 amide bonds. The van der Waals surface area contributed by atoms with Crippen LogP contribution in [-0.2, 0) is 6.42 Å². The van der Waals surface area contributed by atoms with Gasteiger partial charge in [0.25, 0.3) is 5.91 Å². The summed E-state index contributed by atoms with van der Waals surface area (Å²) < 4.78 is 44.5. The summed E-state index contributed by atoms with van der Waals surface area (Å²) in [5, 5.41) is 6.48. The summed E-state index contributed by atoms with van der Waals surface area (Å²) in [6.45, 7) is 4.90. The third-order valence-corrected chi connectivity index (χ3v) is 7.54.